The zero-order valence-electron chi connectivity index (χ0n) is 13.3. The highest BCUT2D eigenvalue weighted by Gasteiger charge is 2.17. The first-order valence-corrected chi connectivity index (χ1v) is 8.32. The molecule has 1 N–H and O–H groups in total. The zero-order chi connectivity index (χ0) is 15.1. The summed E-state index contributed by atoms with van der Waals surface area (Å²) in [5, 5.41) is 10.5. The summed E-state index contributed by atoms with van der Waals surface area (Å²) in [4.78, 5) is 0. The number of ether oxygens (including phenoxy) is 2. The van der Waals surface area contributed by atoms with E-state index in [-0.39, 0.29) is 0 Å². The van der Waals surface area contributed by atoms with E-state index in [1.54, 1.807) is 0 Å². The van der Waals surface area contributed by atoms with Gasteiger partial charge in [-0.1, -0.05) is 45.6 Å². The fourth-order valence-corrected chi connectivity index (χ4v) is 2.82. The lowest BCUT2D eigenvalue weighted by Crippen LogP contribution is -2.07. The number of rotatable bonds is 7. The monoisotopic (exact) mass is 292 g/mol. The van der Waals surface area contributed by atoms with Gasteiger partial charge in [0.05, 0.1) is 19.3 Å². The van der Waals surface area contributed by atoms with Crippen molar-refractivity contribution in [1.29, 1.82) is 0 Å². The Morgan fingerprint density at radius 1 is 1.14 bits per heavy atom. The summed E-state index contributed by atoms with van der Waals surface area (Å²) in [6.07, 6.45) is 6.11. The van der Waals surface area contributed by atoms with Crippen molar-refractivity contribution in [2.24, 2.45) is 5.92 Å². The van der Waals surface area contributed by atoms with E-state index in [1.165, 1.54) is 19.3 Å². The van der Waals surface area contributed by atoms with Crippen molar-refractivity contribution in [3.05, 3.63) is 23.8 Å². The van der Waals surface area contributed by atoms with Crippen LogP contribution in [0.5, 0.6) is 11.5 Å². The number of hydrogen-bond donors (Lipinski definition) is 1. The Hall–Kier alpha value is -1.22. The second kappa shape index (κ2) is 8.28. The van der Waals surface area contributed by atoms with Crippen molar-refractivity contribution >= 4 is 0 Å². The summed E-state index contributed by atoms with van der Waals surface area (Å²) in [5.41, 5.74) is 0.939. The number of hydrogen-bond acceptors (Lipinski definition) is 3. The average Bonchev–Trinajstić information content (AvgIpc) is 2.75. The molecule has 1 heterocycles. The van der Waals surface area contributed by atoms with Gasteiger partial charge in [-0.25, -0.2) is 0 Å². The highest BCUT2D eigenvalue weighted by Crippen LogP contribution is 2.34. The van der Waals surface area contributed by atoms with E-state index in [0.717, 1.165) is 36.3 Å². The number of benzene rings is 1. The van der Waals surface area contributed by atoms with Crippen LogP contribution in [0.1, 0.15) is 64.0 Å². The third-order valence-corrected chi connectivity index (χ3v) is 4.26. The molecule has 0 aliphatic carbocycles. The molecule has 0 spiro atoms. The van der Waals surface area contributed by atoms with Crippen LogP contribution in [0.3, 0.4) is 0 Å². The quantitative estimate of drug-likeness (QED) is 0.805. The fourth-order valence-electron chi connectivity index (χ4n) is 2.82. The van der Waals surface area contributed by atoms with E-state index in [4.69, 9.17) is 9.47 Å². The Labute approximate surface area is 128 Å². The van der Waals surface area contributed by atoms with Gasteiger partial charge in [0.2, 0.25) is 0 Å². The maximum absolute atomic E-state index is 10.5. The van der Waals surface area contributed by atoms with E-state index in [9.17, 15) is 5.11 Å². The lowest BCUT2D eigenvalue weighted by atomic mass is 9.90. The van der Waals surface area contributed by atoms with Gasteiger partial charge in [0.1, 0.15) is 0 Å². The van der Waals surface area contributed by atoms with E-state index in [2.05, 4.69) is 13.8 Å². The van der Waals surface area contributed by atoms with Crippen LogP contribution in [0.4, 0.5) is 0 Å². The Morgan fingerprint density at radius 3 is 2.62 bits per heavy atom. The lowest BCUT2D eigenvalue weighted by molar-refractivity contribution is 0.138. The second-order valence-electron chi connectivity index (χ2n) is 5.92. The van der Waals surface area contributed by atoms with Crippen LogP contribution in [0, 0.1) is 5.92 Å². The van der Waals surface area contributed by atoms with E-state index < -0.39 is 6.10 Å². The minimum Gasteiger partial charge on any atom is -0.490 e. The van der Waals surface area contributed by atoms with Gasteiger partial charge in [0, 0.05) is 6.42 Å². The summed E-state index contributed by atoms with van der Waals surface area (Å²) in [6, 6.07) is 5.83. The number of fused-ring (bicyclic) bond motifs is 1. The molecular weight excluding hydrogens is 264 g/mol. The van der Waals surface area contributed by atoms with Crippen molar-refractivity contribution in [2.75, 3.05) is 13.2 Å². The first kappa shape index (κ1) is 16.2. The van der Waals surface area contributed by atoms with Crippen LogP contribution in [-0.2, 0) is 0 Å². The molecule has 3 nitrogen and oxygen atoms in total. The molecule has 1 aliphatic heterocycles. The molecule has 0 bridgehead atoms. The van der Waals surface area contributed by atoms with Gasteiger partial charge in [-0.3, -0.25) is 0 Å². The van der Waals surface area contributed by atoms with Crippen molar-refractivity contribution in [3.63, 3.8) is 0 Å². The summed E-state index contributed by atoms with van der Waals surface area (Å²) < 4.78 is 11.3. The average molecular weight is 292 g/mol. The second-order valence-corrected chi connectivity index (χ2v) is 5.92. The molecular formula is C18H28O3. The van der Waals surface area contributed by atoms with Gasteiger partial charge in [0.15, 0.2) is 11.5 Å². The molecule has 0 saturated heterocycles. The SMILES string of the molecule is CCCCC(CC)CC(O)c1ccc2c(c1)OCCCO2. The molecule has 0 aromatic heterocycles. The summed E-state index contributed by atoms with van der Waals surface area (Å²) in [6.45, 7) is 5.80. The highest BCUT2D eigenvalue weighted by molar-refractivity contribution is 5.44. The van der Waals surface area contributed by atoms with Gasteiger partial charge in [-0.2, -0.15) is 0 Å². The molecule has 0 fully saturated rings. The van der Waals surface area contributed by atoms with Crippen LogP contribution in [-0.4, -0.2) is 18.3 Å². The molecule has 2 atom stereocenters. The van der Waals surface area contributed by atoms with E-state index in [1.807, 2.05) is 18.2 Å². The van der Waals surface area contributed by atoms with Crippen LogP contribution in [0.25, 0.3) is 0 Å². The van der Waals surface area contributed by atoms with Crippen LogP contribution in [0.2, 0.25) is 0 Å². The van der Waals surface area contributed by atoms with Gasteiger partial charge in [-0.15, -0.1) is 0 Å². The van der Waals surface area contributed by atoms with Crippen molar-refractivity contribution in [3.8, 4) is 11.5 Å². The molecule has 118 valence electrons. The molecule has 0 saturated carbocycles. The smallest absolute Gasteiger partial charge is 0.161 e. The number of unbranched alkanes of at least 4 members (excludes halogenated alkanes) is 1. The first-order chi connectivity index (χ1) is 10.2. The third-order valence-electron chi connectivity index (χ3n) is 4.26. The minimum absolute atomic E-state index is 0.413. The molecule has 2 rings (SSSR count). The first-order valence-electron chi connectivity index (χ1n) is 8.32. The Bertz CT molecular complexity index is 430. The van der Waals surface area contributed by atoms with Crippen LogP contribution < -0.4 is 9.47 Å². The third kappa shape index (κ3) is 4.63. The molecule has 2 unspecified atom stereocenters. The van der Waals surface area contributed by atoms with E-state index in [0.29, 0.717) is 19.1 Å². The van der Waals surface area contributed by atoms with Crippen LogP contribution >= 0.6 is 0 Å². The Kier molecular flexibility index (Phi) is 6.37. The van der Waals surface area contributed by atoms with E-state index >= 15 is 0 Å². The minimum atomic E-state index is -0.413. The maximum atomic E-state index is 10.5. The van der Waals surface area contributed by atoms with Gasteiger partial charge in [-0.05, 0) is 30.0 Å². The zero-order valence-corrected chi connectivity index (χ0v) is 13.3. The van der Waals surface area contributed by atoms with Gasteiger partial charge < -0.3 is 14.6 Å². The van der Waals surface area contributed by atoms with Crippen molar-refractivity contribution in [1.82, 2.24) is 0 Å². The summed E-state index contributed by atoms with van der Waals surface area (Å²) >= 11 is 0. The molecule has 1 aromatic carbocycles. The molecule has 0 radical (unpaired) electrons. The maximum Gasteiger partial charge on any atom is 0.161 e. The highest BCUT2D eigenvalue weighted by atomic mass is 16.5. The topological polar surface area (TPSA) is 38.7 Å². The summed E-state index contributed by atoms with van der Waals surface area (Å²) in [7, 11) is 0. The molecule has 1 aliphatic rings. The Balaban J connectivity index is 2.01. The molecule has 1 aromatic rings. The summed E-state index contributed by atoms with van der Waals surface area (Å²) in [5.74, 6) is 2.16. The van der Waals surface area contributed by atoms with Gasteiger partial charge in [0.25, 0.3) is 0 Å². The standard InChI is InChI=1S/C18H28O3/c1-3-5-7-14(4-2)12-16(19)15-8-9-17-18(13-15)21-11-6-10-20-17/h8-9,13-14,16,19H,3-7,10-12H2,1-2H3. The number of aliphatic hydroxyl groups is 1. The Morgan fingerprint density at radius 2 is 1.90 bits per heavy atom. The number of aliphatic hydroxyl groups excluding tert-OH is 1. The molecule has 3 heteroatoms. The largest absolute Gasteiger partial charge is 0.490 e. The predicted octanol–water partition coefficient (Wildman–Crippen LogP) is 4.49. The predicted molar refractivity (Wildman–Crippen MR) is 84.9 cm³/mol. The van der Waals surface area contributed by atoms with Crippen LogP contribution in [0.15, 0.2) is 18.2 Å². The molecule has 21 heavy (non-hydrogen) atoms. The lowest BCUT2D eigenvalue weighted by Gasteiger charge is -2.20. The van der Waals surface area contributed by atoms with Gasteiger partial charge >= 0.3 is 0 Å². The molecule has 0 amide bonds. The normalized spacial score (nSPS) is 17.1. The van der Waals surface area contributed by atoms with Crippen molar-refractivity contribution < 1.29 is 14.6 Å². The van der Waals surface area contributed by atoms with Crippen molar-refractivity contribution in [2.45, 2.75) is 58.5 Å². The fraction of sp³-hybridized carbons (Fsp3) is 0.667.